The second kappa shape index (κ2) is 22.5. The van der Waals surface area contributed by atoms with Gasteiger partial charge in [0.05, 0.1) is 53.4 Å². The maximum Gasteiger partial charge on any atom is 0.350 e. The van der Waals surface area contributed by atoms with Crippen LogP contribution in [-0.4, -0.2) is 95.6 Å². The maximum absolute atomic E-state index is 12.5. The molecule has 52 heavy (non-hydrogen) atoms. The SMILES string of the molecule is C#CCOc1cc(-n2nc3n(c2=O)CCCC3)c(Cl)cc1Cl.CCNc1nc(Cl)nc(NC(C)(C)C#N)n1.C[S+](C)C.O=C(O)CNCP(=O)([O-])O. The molecule has 0 radical (unpaired) electrons. The van der Waals surface area contributed by atoms with Crippen LogP contribution >= 0.6 is 42.4 Å². The van der Waals surface area contributed by atoms with Crippen molar-refractivity contribution < 1.29 is 29.0 Å². The van der Waals surface area contributed by atoms with E-state index in [4.69, 9.17) is 61.2 Å². The van der Waals surface area contributed by atoms with E-state index in [1.54, 1.807) is 24.5 Å². The van der Waals surface area contributed by atoms with Gasteiger partial charge in [-0.1, -0.05) is 29.1 Å². The van der Waals surface area contributed by atoms with Gasteiger partial charge in [-0.25, -0.2) is 4.79 Å². The van der Waals surface area contributed by atoms with Crippen LogP contribution in [0.25, 0.3) is 5.69 Å². The number of carboxylic acid groups (broad SMARTS) is 1. The van der Waals surface area contributed by atoms with Gasteiger partial charge in [-0.15, -0.1) is 11.5 Å². The first-order valence-corrected chi connectivity index (χ1v) is 20.6. The number of rotatable bonds is 11. The summed E-state index contributed by atoms with van der Waals surface area (Å²) in [4.78, 5) is 52.1. The second-order valence-corrected chi connectivity index (χ2v) is 16.6. The highest BCUT2D eigenvalue weighted by Gasteiger charge is 2.21. The van der Waals surface area contributed by atoms with Crippen molar-refractivity contribution in [2.24, 2.45) is 0 Å². The average Bonchev–Trinajstić information content (AvgIpc) is 3.36. The van der Waals surface area contributed by atoms with Gasteiger partial charge in [0.25, 0.3) is 0 Å². The molecule has 22 heteroatoms. The van der Waals surface area contributed by atoms with Gasteiger partial charge in [0.2, 0.25) is 17.2 Å². The van der Waals surface area contributed by atoms with Crippen molar-refractivity contribution in [2.75, 3.05) is 55.4 Å². The van der Waals surface area contributed by atoms with Gasteiger partial charge in [0, 0.05) is 25.6 Å². The molecule has 0 saturated heterocycles. The number of aryl methyl sites for hydroxylation is 1. The third kappa shape index (κ3) is 17.8. The first kappa shape index (κ1) is 46.4. The molecule has 0 fully saturated rings. The fourth-order valence-electron chi connectivity index (χ4n) is 3.72. The number of anilines is 2. The molecule has 17 nitrogen and oxygen atoms in total. The number of carboxylic acids is 1. The molecule has 0 aliphatic carbocycles. The summed E-state index contributed by atoms with van der Waals surface area (Å²) in [6.45, 7) is 6.32. The Morgan fingerprint density at radius 3 is 2.35 bits per heavy atom. The molecule has 0 saturated carbocycles. The number of hydrogen-bond donors (Lipinski definition) is 5. The minimum Gasteiger partial charge on any atom is -0.778 e. The van der Waals surface area contributed by atoms with Crippen molar-refractivity contribution in [2.45, 2.75) is 52.1 Å². The van der Waals surface area contributed by atoms with E-state index in [1.807, 2.05) is 12.2 Å². The molecule has 1 unspecified atom stereocenters. The molecular formula is C30H42Cl3N10O7PS. The standard InChI is InChI=1S/C15H13Cl2N3O2.C9H13ClN6.C3H8NO5P.C3H9S/c1-2-7-22-13-9-12(10(16)8-11(13)17)20-15(21)19-6-4-3-5-14(19)18-20;1-4-12-7-13-6(10)14-8(15-7)16-9(2,3)5-11;5-3(6)1-4-2-10(7,8)9;1-4(2)3/h1,8-9H,3-7H2;4H2,1-3H3,(H2,12,13,14,15,16);4H,1-2H2,(H,5,6)(H2,7,8,9);1-3H3/q;;;+1/p-1. The van der Waals surface area contributed by atoms with Crippen LogP contribution in [0.1, 0.15) is 39.4 Å². The number of carbonyl (C=O) groups is 1. The topological polar surface area (TPSA) is 245 Å². The van der Waals surface area contributed by atoms with E-state index >= 15 is 0 Å². The van der Waals surface area contributed by atoms with Crippen molar-refractivity contribution in [3.05, 3.63) is 43.8 Å². The van der Waals surface area contributed by atoms with Crippen LogP contribution in [0.3, 0.4) is 0 Å². The van der Waals surface area contributed by atoms with Gasteiger partial charge in [0.1, 0.15) is 31.3 Å². The molecule has 5 N–H and O–H groups in total. The molecule has 1 aromatic carbocycles. The summed E-state index contributed by atoms with van der Waals surface area (Å²) in [6, 6.07) is 5.19. The van der Waals surface area contributed by atoms with Crippen molar-refractivity contribution in [1.82, 2.24) is 34.6 Å². The Morgan fingerprint density at radius 1 is 1.17 bits per heavy atom. The molecule has 1 atom stereocenters. The Bertz CT molecular complexity index is 1820. The number of nitrogens with zero attached hydrogens (tertiary/aromatic N) is 7. The third-order valence-electron chi connectivity index (χ3n) is 5.75. The summed E-state index contributed by atoms with van der Waals surface area (Å²) in [5.74, 6) is 3.01. The molecule has 4 rings (SSSR count). The Hall–Kier alpha value is -3.58. The van der Waals surface area contributed by atoms with Crippen molar-refractivity contribution >= 4 is 71.2 Å². The number of hydrogen-bond acceptors (Lipinski definition) is 13. The van der Waals surface area contributed by atoms with Crippen LogP contribution in [0.4, 0.5) is 11.9 Å². The van der Waals surface area contributed by atoms with E-state index in [2.05, 4.69) is 61.4 Å². The molecule has 2 aromatic heterocycles. The number of fused-ring (bicyclic) bond motifs is 1. The van der Waals surface area contributed by atoms with E-state index in [1.165, 1.54) is 10.7 Å². The predicted octanol–water partition coefficient (Wildman–Crippen LogP) is 3.02. The lowest BCUT2D eigenvalue weighted by atomic mass is 10.1. The highest BCUT2D eigenvalue weighted by atomic mass is 35.5. The largest absolute Gasteiger partial charge is 0.778 e. The lowest BCUT2D eigenvalue weighted by molar-refractivity contribution is -0.193. The molecule has 0 bridgehead atoms. The molecule has 0 spiro atoms. The van der Waals surface area contributed by atoms with E-state index in [-0.39, 0.29) is 23.5 Å². The van der Waals surface area contributed by atoms with E-state index in [0.717, 1.165) is 25.1 Å². The lowest BCUT2D eigenvalue weighted by Gasteiger charge is -2.17. The van der Waals surface area contributed by atoms with Crippen LogP contribution in [0.2, 0.25) is 15.3 Å². The maximum atomic E-state index is 12.5. The minimum absolute atomic E-state index is 0.0788. The number of nitrogens with one attached hydrogen (secondary N) is 3. The number of aliphatic carboxylic acids is 1. The Kier molecular flexibility index (Phi) is 20.1. The predicted molar refractivity (Wildman–Crippen MR) is 203 cm³/mol. The van der Waals surface area contributed by atoms with Crippen LogP contribution in [0.5, 0.6) is 5.75 Å². The summed E-state index contributed by atoms with van der Waals surface area (Å²) >= 11 is 18.0. The van der Waals surface area contributed by atoms with E-state index in [9.17, 15) is 19.0 Å². The van der Waals surface area contributed by atoms with Gasteiger partial charge >= 0.3 is 11.7 Å². The highest BCUT2D eigenvalue weighted by molar-refractivity contribution is 7.94. The van der Waals surface area contributed by atoms with Gasteiger partial charge in [-0.3, -0.25) is 14.7 Å². The average molecular weight is 824 g/mol. The summed E-state index contributed by atoms with van der Waals surface area (Å²) in [5, 5.41) is 29.7. The Labute approximate surface area is 320 Å². The van der Waals surface area contributed by atoms with Crippen LogP contribution in [0, 0.1) is 23.7 Å². The van der Waals surface area contributed by atoms with Gasteiger partial charge in [-0.05, 0) is 62.2 Å². The smallest absolute Gasteiger partial charge is 0.350 e. The monoisotopic (exact) mass is 822 g/mol. The van der Waals surface area contributed by atoms with Crippen LogP contribution in [0.15, 0.2) is 16.9 Å². The molecule has 0 amide bonds. The minimum atomic E-state index is -4.35. The number of terminal acetylenes is 1. The second-order valence-electron chi connectivity index (χ2n) is 11.4. The Morgan fingerprint density at radius 2 is 1.81 bits per heavy atom. The summed E-state index contributed by atoms with van der Waals surface area (Å²) in [5.41, 5.74) is -0.527. The van der Waals surface area contributed by atoms with Crippen LogP contribution in [-0.2, 0) is 33.2 Å². The number of nitriles is 1. The Balaban J connectivity index is 0.000000396. The molecule has 1 aliphatic rings. The van der Waals surface area contributed by atoms with Crippen molar-refractivity contribution in [3.8, 4) is 29.8 Å². The number of benzene rings is 1. The van der Waals surface area contributed by atoms with Crippen molar-refractivity contribution in [1.29, 1.82) is 5.26 Å². The molecule has 286 valence electrons. The normalized spacial score (nSPS) is 12.8. The molecule has 3 heterocycles. The first-order chi connectivity index (χ1) is 24.2. The molecule has 3 aromatic rings. The van der Waals surface area contributed by atoms with Crippen LogP contribution < -0.4 is 31.3 Å². The number of halogens is 3. The fraction of sp³-hybridized carbons (Fsp3) is 0.500. The lowest BCUT2D eigenvalue weighted by Crippen LogP contribution is -2.29. The fourth-order valence-corrected chi connectivity index (χ4v) is 4.79. The zero-order valence-corrected chi connectivity index (χ0v) is 33.4. The summed E-state index contributed by atoms with van der Waals surface area (Å²) in [6.07, 6.45) is 13.8. The van der Waals surface area contributed by atoms with Gasteiger partial charge in [-0.2, -0.15) is 24.9 Å². The van der Waals surface area contributed by atoms with Gasteiger partial charge < -0.3 is 34.8 Å². The van der Waals surface area contributed by atoms with E-state index in [0.29, 0.717) is 51.4 Å². The number of ether oxygens (including phenoxy) is 1. The highest BCUT2D eigenvalue weighted by Crippen LogP contribution is 2.33. The number of aromatic nitrogens is 6. The van der Waals surface area contributed by atoms with E-state index < -0.39 is 31.9 Å². The quantitative estimate of drug-likeness (QED) is 0.106. The van der Waals surface area contributed by atoms with Crippen molar-refractivity contribution in [3.63, 3.8) is 0 Å². The zero-order chi connectivity index (χ0) is 39.6. The first-order valence-electron chi connectivity index (χ1n) is 15.3. The molecular weight excluding hydrogens is 782 g/mol. The zero-order valence-electron chi connectivity index (χ0n) is 29.4. The summed E-state index contributed by atoms with van der Waals surface area (Å²) < 4.78 is 18.3. The third-order valence-corrected chi connectivity index (χ3v) is 7.14. The van der Waals surface area contributed by atoms with Gasteiger partial charge in [0.15, 0.2) is 0 Å². The molecule has 1 aliphatic heterocycles. The summed E-state index contributed by atoms with van der Waals surface area (Å²) in [7, 11) is -3.71.